The van der Waals surface area contributed by atoms with E-state index in [0.717, 1.165) is 24.3 Å². The van der Waals surface area contributed by atoms with Crippen LogP contribution in [0.4, 0.5) is 0 Å². The zero-order valence-electron chi connectivity index (χ0n) is 11.3. The lowest BCUT2D eigenvalue weighted by Crippen LogP contribution is -2.26. The molecule has 19 heavy (non-hydrogen) atoms. The van der Waals surface area contributed by atoms with Gasteiger partial charge in [0.05, 0.1) is 0 Å². The van der Waals surface area contributed by atoms with Crippen molar-refractivity contribution < 1.29 is 8.42 Å². The zero-order chi connectivity index (χ0) is 14.1. The summed E-state index contributed by atoms with van der Waals surface area (Å²) >= 11 is 1.70. The Morgan fingerprint density at radius 1 is 1.37 bits per heavy atom. The van der Waals surface area contributed by atoms with Crippen molar-refractivity contribution in [3.05, 3.63) is 23.9 Å². The average molecular weight is 303 g/mol. The van der Waals surface area contributed by atoms with Gasteiger partial charge in [0.1, 0.15) is 0 Å². The maximum atomic E-state index is 11.9. The number of sulfonamides is 1. The second-order valence-electron chi connectivity index (χ2n) is 4.03. The number of hydrogen-bond donors (Lipinski definition) is 2. The molecule has 0 saturated heterocycles. The van der Waals surface area contributed by atoms with Crippen LogP contribution in [-0.2, 0) is 16.6 Å². The lowest BCUT2D eigenvalue weighted by atomic mass is 10.3. The molecule has 0 radical (unpaired) electrons. The molecule has 108 valence electrons. The molecule has 0 aliphatic heterocycles. The van der Waals surface area contributed by atoms with Gasteiger partial charge in [0.2, 0.25) is 0 Å². The van der Waals surface area contributed by atoms with Crippen LogP contribution in [0.3, 0.4) is 0 Å². The number of aromatic nitrogens is 1. The van der Waals surface area contributed by atoms with Gasteiger partial charge in [-0.1, -0.05) is 13.0 Å². The number of nitrogens with zero attached hydrogens (tertiary/aromatic N) is 1. The van der Waals surface area contributed by atoms with E-state index in [4.69, 9.17) is 0 Å². The third-order valence-electron chi connectivity index (χ3n) is 2.47. The first-order chi connectivity index (χ1) is 9.10. The van der Waals surface area contributed by atoms with E-state index in [9.17, 15) is 8.42 Å². The number of nitrogens with one attached hydrogen (secondary N) is 2. The van der Waals surface area contributed by atoms with E-state index in [-0.39, 0.29) is 5.03 Å². The lowest BCUT2D eigenvalue weighted by molar-refractivity contribution is 0.577. The van der Waals surface area contributed by atoms with Gasteiger partial charge in [-0.3, -0.25) is 0 Å². The third kappa shape index (κ3) is 5.90. The van der Waals surface area contributed by atoms with Gasteiger partial charge in [0.25, 0.3) is 10.0 Å². The van der Waals surface area contributed by atoms with Crippen LogP contribution in [0.25, 0.3) is 0 Å². The van der Waals surface area contributed by atoms with Crippen molar-refractivity contribution >= 4 is 21.8 Å². The van der Waals surface area contributed by atoms with Crippen LogP contribution in [0.5, 0.6) is 0 Å². The van der Waals surface area contributed by atoms with Gasteiger partial charge < -0.3 is 5.32 Å². The molecule has 0 atom stereocenters. The summed E-state index contributed by atoms with van der Waals surface area (Å²) in [6.07, 6.45) is 4.41. The minimum absolute atomic E-state index is 0.0805. The smallest absolute Gasteiger partial charge is 0.258 e. The molecule has 0 spiro atoms. The number of hydrogen-bond acceptors (Lipinski definition) is 5. The third-order valence-corrected chi connectivity index (χ3v) is 4.54. The first-order valence-electron chi connectivity index (χ1n) is 6.24. The summed E-state index contributed by atoms with van der Waals surface area (Å²) in [6, 6.07) is 3.33. The summed E-state index contributed by atoms with van der Waals surface area (Å²) in [4.78, 5) is 4.01. The maximum Gasteiger partial charge on any atom is 0.258 e. The molecular weight excluding hydrogens is 282 g/mol. The highest BCUT2D eigenvalue weighted by Crippen LogP contribution is 2.06. The van der Waals surface area contributed by atoms with Crippen LogP contribution < -0.4 is 10.0 Å². The molecule has 1 aromatic rings. The van der Waals surface area contributed by atoms with Crippen molar-refractivity contribution in [1.82, 2.24) is 15.0 Å². The van der Waals surface area contributed by atoms with Gasteiger partial charge in [0.15, 0.2) is 5.03 Å². The molecule has 1 rings (SSSR count). The SMILES string of the molecule is CCNCc1ccc(S(=O)(=O)NCCCSC)nc1. The highest BCUT2D eigenvalue weighted by molar-refractivity contribution is 7.98. The normalized spacial score (nSPS) is 11.7. The second kappa shape index (κ2) is 8.52. The summed E-state index contributed by atoms with van der Waals surface area (Å²) in [5.41, 5.74) is 0.975. The second-order valence-corrected chi connectivity index (χ2v) is 6.73. The molecule has 0 amide bonds. The summed E-state index contributed by atoms with van der Waals surface area (Å²) in [5.74, 6) is 0.942. The van der Waals surface area contributed by atoms with E-state index in [1.807, 2.05) is 13.2 Å². The van der Waals surface area contributed by atoms with E-state index in [1.165, 1.54) is 0 Å². The predicted octanol–water partition coefficient (Wildman–Crippen LogP) is 1.22. The minimum atomic E-state index is -3.47. The van der Waals surface area contributed by atoms with E-state index in [2.05, 4.69) is 15.0 Å². The lowest BCUT2D eigenvalue weighted by Gasteiger charge is -2.06. The Morgan fingerprint density at radius 2 is 2.16 bits per heavy atom. The van der Waals surface area contributed by atoms with Crippen molar-refractivity contribution in [3.63, 3.8) is 0 Å². The molecule has 1 heterocycles. The fourth-order valence-corrected chi connectivity index (χ4v) is 2.87. The van der Waals surface area contributed by atoms with E-state index in [0.29, 0.717) is 13.1 Å². The molecule has 0 fully saturated rings. The Kier molecular flexibility index (Phi) is 7.37. The standard InChI is InChI=1S/C12H21N3O2S2/c1-3-13-9-11-5-6-12(14-10-11)19(16,17)15-7-4-8-18-2/h5-6,10,13,15H,3-4,7-9H2,1-2H3. The Morgan fingerprint density at radius 3 is 2.74 bits per heavy atom. The van der Waals surface area contributed by atoms with Crippen molar-refractivity contribution in [2.45, 2.75) is 24.9 Å². The summed E-state index contributed by atoms with van der Waals surface area (Å²) in [5, 5.41) is 3.24. The number of rotatable bonds is 9. The van der Waals surface area contributed by atoms with Crippen molar-refractivity contribution in [2.24, 2.45) is 0 Å². The first-order valence-corrected chi connectivity index (χ1v) is 9.12. The van der Waals surface area contributed by atoms with E-state index < -0.39 is 10.0 Å². The number of pyridine rings is 1. The van der Waals surface area contributed by atoms with E-state index >= 15 is 0 Å². The van der Waals surface area contributed by atoms with Crippen LogP contribution in [-0.4, -0.2) is 38.5 Å². The number of thioether (sulfide) groups is 1. The monoisotopic (exact) mass is 303 g/mol. The van der Waals surface area contributed by atoms with Gasteiger partial charge >= 0.3 is 0 Å². The highest BCUT2D eigenvalue weighted by atomic mass is 32.2. The average Bonchev–Trinajstić information content (AvgIpc) is 2.42. The fourth-order valence-electron chi connectivity index (χ4n) is 1.44. The summed E-state index contributed by atoms with van der Waals surface area (Å²) in [6.45, 7) is 4.04. The maximum absolute atomic E-state index is 11.9. The Labute approximate surface area is 119 Å². The first kappa shape index (κ1) is 16.4. The molecule has 0 aliphatic carbocycles. The topological polar surface area (TPSA) is 71.1 Å². The van der Waals surface area contributed by atoms with Crippen LogP contribution in [0.2, 0.25) is 0 Å². The molecule has 0 saturated carbocycles. The highest BCUT2D eigenvalue weighted by Gasteiger charge is 2.14. The molecule has 5 nitrogen and oxygen atoms in total. The van der Waals surface area contributed by atoms with Crippen LogP contribution >= 0.6 is 11.8 Å². The predicted molar refractivity (Wildman–Crippen MR) is 79.8 cm³/mol. The van der Waals surface area contributed by atoms with Crippen molar-refractivity contribution in [3.8, 4) is 0 Å². The quantitative estimate of drug-likeness (QED) is 0.671. The largest absolute Gasteiger partial charge is 0.313 e. The molecule has 0 bridgehead atoms. The van der Waals surface area contributed by atoms with E-state index in [1.54, 1.807) is 30.1 Å². The van der Waals surface area contributed by atoms with Crippen molar-refractivity contribution in [2.75, 3.05) is 25.1 Å². The van der Waals surface area contributed by atoms with Gasteiger partial charge in [-0.05, 0) is 36.6 Å². The van der Waals surface area contributed by atoms with Gasteiger partial charge in [-0.15, -0.1) is 0 Å². The van der Waals surface area contributed by atoms with Crippen LogP contribution in [0.1, 0.15) is 18.9 Å². The molecular formula is C12H21N3O2S2. The molecule has 1 aromatic heterocycles. The Bertz CT molecular complexity index is 460. The molecule has 0 unspecified atom stereocenters. The Balaban J connectivity index is 2.58. The van der Waals surface area contributed by atoms with Gasteiger partial charge in [-0.2, -0.15) is 11.8 Å². The molecule has 0 aliphatic rings. The van der Waals surface area contributed by atoms with Gasteiger partial charge in [-0.25, -0.2) is 18.1 Å². The fraction of sp³-hybridized carbons (Fsp3) is 0.583. The van der Waals surface area contributed by atoms with Crippen molar-refractivity contribution in [1.29, 1.82) is 0 Å². The Hall–Kier alpha value is -0.630. The molecule has 7 heteroatoms. The van der Waals surface area contributed by atoms with Gasteiger partial charge in [0, 0.05) is 19.3 Å². The minimum Gasteiger partial charge on any atom is -0.313 e. The zero-order valence-corrected chi connectivity index (χ0v) is 13.0. The molecule has 2 N–H and O–H groups in total. The van der Waals surface area contributed by atoms with Crippen LogP contribution in [0, 0.1) is 0 Å². The summed E-state index contributed by atoms with van der Waals surface area (Å²) in [7, 11) is -3.47. The summed E-state index contributed by atoms with van der Waals surface area (Å²) < 4.78 is 26.4. The molecule has 0 aromatic carbocycles. The van der Waals surface area contributed by atoms with Crippen LogP contribution in [0.15, 0.2) is 23.4 Å².